The summed E-state index contributed by atoms with van der Waals surface area (Å²) in [5.74, 6) is 2.13. The van der Waals surface area contributed by atoms with Gasteiger partial charge in [0.1, 0.15) is 5.75 Å². The highest BCUT2D eigenvalue weighted by atomic mass is 32.2. The van der Waals surface area contributed by atoms with Crippen molar-refractivity contribution in [1.82, 2.24) is 15.2 Å². The zero-order valence-corrected chi connectivity index (χ0v) is 14.9. The summed E-state index contributed by atoms with van der Waals surface area (Å²) in [7, 11) is 1.65. The van der Waals surface area contributed by atoms with Crippen LogP contribution < -0.4 is 10.2 Å². The van der Waals surface area contributed by atoms with E-state index in [2.05, 4.69) is 37.8 Å². The molecule has 25 heavy (non-hydrogen) atoms. The van der Waals surface area contributed by atoms with E-state index in [1.54, 1.807) is 18.9 Å². The standard InChI is InChI=1S/C18H19N5OS/c1-13(15-9-6-10-16(11-15)24-2)20-21-17-19-18(23-22-17)25-12-14-7-4-3-5-8-14/h3-11H,12H2,1-2H3,(H2,19,21,22,23)/b20-13+. The number of hydrazone groups is 1. The average Bonchev–Trinajstić information content (AvgIpc) is 3.13. The number of benzene rings is 2. The van der Waals surface area contributed by atoms with Crippen molar-refractivity contribution in [2.24, 2.45) is 5.10 Å². The lowest BCUT2D eigenvalue weighted by molar-refractivity contribution is 0.414. The Hall–Kier alpha value is -2.80. The number of methoxy groups -OCH3 is 1. The Morgan fingerprint density at radius 1 is 1.20 bits per heavy atom. The first-order valence-electron chi connectivity index (χ1n) is 7.78. The Labute approximate surface area is 150 Å². The zero-order valence-electron chi connectivity index (χ0n) is 14.1. The molecule has 128 valence electrons. The lowest BCUT2D eigenvalue weighted by Crippen LogP contribution is -2.01. The van der Waals surface area contributed by atoms with Gasteiger partial charge < -0.3 is 4.74 Å². The quantitative estimate of drug-likeness (QED) is 0.382. The third-order valence-electron chi connectivity index (χ3n) is 3.49. The number of anilines is 1. The van der Waals surface area contributed by atoms with Gasteiger partial charge in [0, 0.05) is 11.3 Å². The van der Waals surface area contributed by atoms with Crippen molar-refractivity contribution in [3.8, 4) is 5.75 Å². The highest BCUT2D eigenvalue weighted by molar-refractivity contribution is 7.98. The molecule has 0 saturated carbocycles. The molecule has 1 aromatic heterocycles. The van der Waals surface area contributed by atoms with Gasteiger partial charge in [-0.1, -0.05) is 54.2 Å². The van der Waals surface area contributed by atoms with Crippen LogP contribution in [-0.4, -0.2) is 28.0 Å². The molecule has 3 rings (SSSR count). The molecule has 1 heterocycles. The smallest absolute Gasteiger partial charge is 0.240 e. The maximum Gasteiger partial charge on any atom is 0.240 e. The molecule has 0 amide bonds. The van der Waals surface area contributed by atoms with Crippen LogP contribution >= 0.6 is 11.8 Å². The summed E-state index contributed by atoms with van der Waals surface area (Å²) in [5, 5.41) is 12.1. The molecule has 0 atom stereocenters. The lowest BCUT2D eigenvalue weighted by Gasteiger charge is -2.04. The van der Waals surface area contributed by atoms with E-state index in [0.717, 1.165) is 22.8 Å². The van der Waals surface area contributed by atoms with Gasteiger partial charge in [-0.25, -0.2) is 10.5 Å². The number of aromatic amines is 1. The van der Waals surface area contributed by atoms with Gasteiger partial charge in [0.25, 0.3) is 0 Å². The fraction of sp³-hybridized carbons (Fsp3) is 0.167. The van der Waals surface area contributed by atoms with E-state index >= 15 is 0 Å². The molecule has 0 bridgehead atoms. The van der Waals surface area contributed by atoms with Gasteiger partial charge in [-0.2, -0.15) is 10.1 Å². The minimum Gasteiger partial charge on any atom is -0.497 e. The van der Waals surface area contributed by atoms with Gasteiger partial charge in [0.15, 0.2) is 0 Å². The van der Waals surface area contributed by atoms with Gasteiger partial charge in [0.2, 0.25) is 11.1 Å². The number of rotatable bonds is 7. The van der Waals surface area contributed by atoms with Crippen LogP contribution in [0.3, 0.4) is 0 Å². The van der Waals surface area contributed by atoms with Crippen LogP contribution in [0.1, 0.15) is 18.1 Å². The second-order valence-corrected chi connectivity index (χ2v) is 6.22. The van der Waals surface area contributed by atoms with E-state index < -0.39 is 0 Å². The molecule has 6 nitrogen and oxygen atoms in total. The summed E-state index contributed by atoms with van der Waals surface area (Å²) in [6.07, 6.45) is 0. The summed E-state index contributed by atoms with van der Waals surface area (Å²) in [6, 6.07) is 18.0. The van der Waals surface area contributed by atoms with E-state index in [1.807, 2.05) is 49.4 Å². The molecule has 0 saturated heterocycles. The SMILES string of the molecule is COc1cccc(/C(C)=N/Nc2nc(SCc3ccccc3)n[nH]2)c1. The summed E-state index contributed by atoms with van der Waals surface area (Å²) in [6.45, 7) is 1.92. The Morgan fingerprint density at radius 3 is 2.84 bits per heavy atom. The Bertz CT molecular complexity index is 847. The highest BCUT2D eigenvalue weighted by Gasteiger charge is 2.04. The first kappa shape index (κ1) is 17.0. The van der Waals surface area contributed by atoms with E-state index in [-0.39, 0.29) is 0 Å². The Kier molecular flexibility index (Phi) is 5.69. The van der Waals surface area contributed by atoms with Crippen molar-refractivity contribution in [1.29, 1.82) is 0 Å². The molecule has 7 heteroatoms. The molecule has 0 fully saturated rings. The fourth-order valence-corrected chi connectivity index (χ4v) is 2.89. The molecule has 2 N–H and O–H groups in total. The number of aromatic nitrogens is 3. The van der Waals surface area contributed by atoms with Crippen molar-refractivity contribution in [3.05, 3.63) is 65.7 Å². The minimum atomic E-state index is 0.512. The van der Waals surface area contributed by atoms with E-state index in [0.29, 0.717) is 11.1 Å². The largest absolute Gasteiger partial charge is 0.497 e. The molecular formula is C18H19N5OS. The molecule has 0 aliphatic heterocycles. The lowest BCUT2D eigenvalue weighted by atomic mass is 10.1. The molecule has 0 radical (unpaired) electrons. The highest BCUT2D eigenvalue weighted by Crippen LogP contribution is 2.19. The normalized spacial score (nSPS) is 11.4. The number of hydrogen-bond acceptors (Lipinski definition) is 6. The van der Waals surface area contributed by atoms with Crippen LogP contribution in [0.15, 0.2) is 64.9 Å². The van der Waals surface area contributed by atoms with Gasteiger partial charge in [-0.05, 0) is 24.6 Å². The van der Waals surface area contributed by atoms with Crippen molar-refractivity contribution in [3.63, 3.8) is 0 Å². The van der Waals surface area contributed by atoms with E-state index in [9.17, 15) is 0 Å². The predicted molar refractivity (Wildman–Crippen MR) is 101 cm³/mol. The van der Waals surface area contributed by atoms with Crippen LogP contribution in [0.25, 0.3) is 0 Å². The monoisotopic (exact) mass is 353 g/mol. The third-order valence-corrected chi connectivity index (χ3v) is 4.41. The van der Waals surface area contributed by atoms with E-state index in [1.165, 1.54) is 5.56 Å². The molecule has 0 spiro atoms. The number of nitrogens with one attached hydrogen (secondary N) is 2. The maximum absolute atomic E-state index is 5.23. The number of thioether (sulfide) groups is 1. The van der Waals surface area contributed by atoms with Crippen molar-refractivity contribution < 1.29 is 4.74 Å². The number of ether oxygens (including phenoxy) is 1. The second kappa shape index (κ2) is 8.34. The summed E-state index contributed by atoms with van der Waals surface area (Å²) in [4.78, 5) is 4.38. The Morgan fingerprint density at radius 2 is 2.04 bits per heavy atom. The van der Waals surface area contributed by atoms with Crippen LogP contribution in [0.5, 0.6) is 5.75 Å². The fourth-order valence-electron chi connectivity index (χ4n) is 2.13. The summed E-state index contributed by atoms with van der Waals surface area (Å²) in [5.41, 5.74) is 5.94. The molecule has 0 unspecified atom stereocenters. The summed E-state index contributed by atoms with van der Waals surface area (Å²) < 4.78 is 5.23. The maximum atomic E-state index is 5.23. The average molecular weight is 353 g/mol. The molecule has 3 aromatic rings. The van der Waals surface area contributed by atoms with Crippen molar-refractivity contribution in [2.75, 3.05) is 12.5 Å². The van der Waals surface area contributed by atoms with Crippen molar-refractivity contribution >= 4 is 23.4 Å². The first-order chi connectivity index (χ1) is 12.2. The van der Waals surface area contributed by atoms with Crippen LogP contribution in [0.2, 0.25) is 0 Å². The van der Waals surface area contributed by atoms with Crippen LogP contribution in [0, 0.1) is 0 Å². The number of nitrogens with zero attached hydrogens (tertiary/aromatic N) is 3. The van der Waals surface area contributed by atoms with Crippen LogP contribution in [-0.2, 0) is 5.75 Å². The van der Waals surface area contributed by atoms with Crippen LogP contribution in [0.4, 0.5) is 5.95 Å². The first-order valence-corrected chi connectivity index (χ1v) is 8.77. The molecule has 0 aliphatic rings. The molecule has 0 aliphatic carbocycles. The van der Waals surface area contributed by atoms with E-state index in [4.69, 9.17) is 4.74 Å². The second-order valence-electron chi connectivity index (χ2n) is 5.28. The Balaban J connectivity index is 1.59. The number of H-pyrrole nitrogens is 1. The van der Waals surface area contributed by atoms with Gasteiger partial charge in [-0.3, -0.25) is 0 Å². The van der Waals surface area contributed by atoms with Crippen molar-refractivity contribution in [2.45, 2.75) is 17.8 Å². The third kappa shape index (κ3) is 4.84. The summed E-state index contributed by atoms with van der Waals surface area (Å²) >= 11 is 1.57. The molecular weight excluding hydrogens is 334 g/mol. The van der Waals surface area contributed by atoms with Gasteiger partial charge in [-0.15, -0.1) is 5.10 Å². The topological polar surface area (TPSA) is 75.2 Å². The number of hydrogen-bond donors (Lipinski definition) is 2. The predicted octanol–water partition coefficient (Wildman–Crippen LogP) is 3.94. The zero-order chi connectivity index (χ0) is 17.5. The molecule has 2 aromatic carbocycles. The van der Waals surface area contributed by atoms with Gasteiger partial charge >= 0.3 is 0 Å². The van der Waals surface area contributed by atoms with Gasteiger partial charge in [0.05, 0.1) is 12.8 Å². The minimum absolute atomic E-state index is 0.512.